The number of benzene rings is 1. The van der Waals surface area contributed by atoms with E-state index in [0.717, 1.165) is 11.3 Å². The second-order valence-electron chi connectivity index (χ2n) is 7.90. The Balaban J connectivity index is 1.34. The highest BCUT2D eigenvalue weighted by molar-refractivity contribution is 6.08. The maximum absolute atomic E-state index is 13.1. The van der Waals surface area contributed by atoms with E-state index in [1.165, 1.54) is 10.9 Å². The summed E-state index contributed by atoms with van der Waals surface area (Å²) in [5, 5.41) is 7.94. The highest BCUT2D eigenvalue weighted by Crippen LogP contribution is 2.19. The molecular formula is C24H21N7O3. The number of aromatic nitrogens is 7. The van der Waals surface area contributed by atoms with Crippen molar-refractivity contribution in [2.24, 2.45) is 7.05 Å². The van der Waals surface area contributed by atoms with Crippen LogP contribution in [0, 0.1) is 6.92 Å². The molecule has 0 saturated heterocycles. The Hall–Kier alpha value is -4.47. The Bertz CT molecular complexity index is 1500. The number of hydrogen-bond acceptors (Lipinski definition) is 8. The van der Waals surface area contributed by atoms with Gasteiger partial charge in [0.1, 0.15) is 5.69 Å². The Labute approximate surface area is 194 Å². The molecule has 0 bridgehead atoms. The van der Waals surface area contributed by atoms with Crippen LogP contribution in [0.4, 0.5) is 0 Å². The van der Waals surface area contributed by atoms with Crippen molar-refractivity contribution in [2.75, 3.05) is 0 Å². The zero-order valence-corrected chi connectivity index (χ0v) is 18.7. The minimum absolute atomic E-state index is 0.0217. The zero-order chi connectivity index (χ0) is 23.7. The zero-order valence-electron chi connectivity index (χ0n) is 18.7. The van der Waals surface area contributed by atoms with Crippen molar-refractivity contribution in [1.82, 2.24) is 34.3 Å². The van der Waals surface area contributed by atoms with Crippen LogP contribution in [0.1, 0.15) is 44.7 Å². The minimum atomic E-state index is -0.245. The molecule has 5 aromatic rings. The fraction of sp³-hybridized carbons (Fsp3) is 0.208. The van der Waals surface area contributed by atoms with Crippen LogP contribution in [0.25, 0.3) is 17.0 Å². The lowest BCUT2D eigenvalue weighted by molar-refractivity contribution is 0.0948. The van der Waals surface area contributed by atoms with Gasteiger partial charge < -0.3 is 4.52 Å². The van der Waals surface area contributed by atoms with Gasteiger partial charge in [-0.2, -0.15) is 10.1 Å². The van der Waals surface area contributed by atoms with E-state index >= 15 is 0 Å². The van der Waals surface area contributed by atoms with Crippen LogP contribution in [0.15, 0.2) is 59.5 Å². The van der Waals surface area contributed by atoms with Crippen molar-refractivity contribution < 1.29 is 14.1 Å². The molecule has 0 aliphatic rings. The molecule has 34 heavy (non-hydrogen) atoms. The summed E-state index contributed by atoms with van der Waals surface area (Å²) >= 11 is 0. The van der Waals surface area contributed by atoms with Gasteiger partial charge in [-0.15, -0.1) is 0 Å². The lowest BCUT2D eigenvalue weighted by Gasteiger charge is -2.05. The third-order valence-electron chi connectivity index (χ3n) is 5.44. The fourth-order valence-electron chi connectivity index (χ4n) is 3.78. The molecule has 0 aliphatic carbocycles. The van der Waals surface area contributed by atoms with Crippen molar-refractivity contribution in [3.8, 4) is 11.3 Å². The molecule has 0 aliphatic heterocycles. The molecule has 4 heterocycles. The van der Waals surface area contributed by atoms with E-state index in [1.807, 2.05) is 47.1 Å². The molecule has 0 spiro atoms. The summed E-state index contributed by atoms with van der Waals surface area (Å²) < 4.78 is 8.18. The molecule has 0 atom stereocenters. The maximum Gasteiger partial charge on any atom is 0.234 e. The topological polar surface area (TPSA) is 121 Å². The number of carbonyl (C=O) groups excluding carboxylic acids is 2. The Morgan fingerprint density at radius 2 is 1.85 bits per heavy atom. The van der Waals surface area contributed by atoms with Gasteiger partial charge in [-0.3, -0.25) is 18.7 Å². The summed E-state index contributed by atoms with van der Waals surface area (Å²) in [6.45, 7) is 1.69. The van der Waals surface area contributed by atoms with E-state index in [-0.39, 0.29) is 35.7 Å². The molecule has 10 heteroatoms. The second-order valence-corrected chi connectivity index (χ2v) is 7.90. The number of nitrogens with zero attached hydrogens (tertiary/aromatic N) is 7. The van der Waals surface area contributed by atoms with Crippen LogP contribution < -0.4 is 0 Å². The van der Waals surface area contributed by atoms with Gasteiger partial charge in [-0.25, -0.2) is 9.97 Å². The normalized spacial score (nSPS) is 11.2. The van der Waals surface area contributed by atoms with E-state index in [4.69, 9.17) is 4.52 Å². The van der Waals surface area contributed by atoms with E-state index in [1.54, 1.807) is 20.0 Å². The number of imidazole rings is 1. The third kappa shape index (κ3) is 4.25. The maximum atomic E-state index is 13.1. The number of aryl methyl sites for hydroxylation is 3. The first-order valence-corrected chi connectivity index (χ1v) is 10.8. The average Bonchev–Trinajstić information content (AvgIpc) is 3.55. The first-order valence-electron chi connectivity index (χ1n) is 10.8. The van der Waals surface area contributed by atoms with Gasteiger partial charge in [0.25, 0.3) is 0 Å². The van der Waals surface area contributed by atoms with Gasteiger partial charge in [-0.1, -0.05) is 35.5 Å². The van der Waals surface area contributed by atoms with Gasteiger partial charge in [0.15, 0.2) is 17.4 Å². The van der Waals surface area contributed by atoms with Crippen molar-refractivity contribution in [3.05, 3.63) is 83.7 Å². The largest absolute Gasteiger partial charge is 0.340 e. The first-order chi connectivity index (χ1) is 16.5. The van der Waals surface area contributed by atoms with Gasteiger partial charge >= 0.3 is 0 Å². The van der Waals surface area contributed by atoms with Crippen molar-refractivity contribution >= 4 is 17.3 Å². The number of hydrogen-bond donors (Lipinski definition) is 0. The van der Waals surface area contributed by atoms with Crippen molar-refractivity contribution in [3.63, 3.8) is 0 Å². The molecule has 1 aromatic carbocycles. The van der Waals surface area contributed by atoms with Crippen molar-refractivity contribution in [1.29, 1.82) is 0 Å². The molecule has 0 N–H and O–H groups in total. The Morgan fingerprint density at radius 1 is 1.03 bits per heavy atom. The number of rotatable bonds is 8. The Kier molecular flexibility index (Phi) is 5.54. The SMILES string of the molecule is Cc1nc(CCC(=O)c2cnn(C)c2C(=O)Cc2ccn3cc(-c4ccccc4)nc3n2)no1. The summed E-state index contributed by atoms with van der Waals surface area (Å²) in [6, 6.07) is 11.6. The first kappa shape index (κ1) is 21.4. The third-order valence-corrected chi connectivity index (χ3v) is 5.44. The van der Waals surface area contributed by atoms with Crippen LogP contribution in [0.5, 0.6) is 0 Å². The molecule has 170 valence electrons. The fourth-order valence-corrected chi connectivity index (χ4v) is 3.78. The summed E-state index contributed by atoms with van der Waals surface area (Å²) in [6.07, 6.45) is 5.63. The van der Waals surface area contributed by atoms with E-state index in [9.17, 15) is 9.59 Å². The molecule has 5 rings (SSSR count). The molecule has 0 fully saturated rings. The van der Waals surface area contributed by atoms with Gasteiger partial charge in [0, 0.05) is 44.8 Å². The smallest absolute Gasteiger partial charge is 0.234 e. The average molecular weight is 455 g/mol. The number of fused-ring (bicyclic) bond motifs is 1. The van der Waals surface area contributed by atoms with E-state index < -0.39 is 0 Å². The summed E-state index contributed by atoms with van der Waals surface area (Å²) in [5.74, 6) is 0.946. The van der Waals surface area contributed by atoms with Crippen LogP contribution in [-0.4, -0.2) is 45.9 Å². The summed E-state index contributed by atoms with van der Waals surface area (Å²) in [5.41, 5.74) is 2.88. The number of Topliss-reactive ketones (excluding diaryl/α,β-unsaturated/α-hetero) is 2. The predicted molar refractivity (Wildman–Crippen MR) is 121 cm³/mol. The molecule has 10 nitrogen and oxygen atoms in total. The van der Waals surface area contributed by atoms with Crippen LogP contribution in [0.3, 0.4) is 0 Å². The number of ketones is 2. The predicted octanol–water partition coefficient (Wildman–Crippen LogP) is 3.06. The monoisotopic (exact) mass is 455 g/mol. The number of carbonyl (C=O) groups is 2. The highest BCUT2D eigenvalue weighted by atomic mass is 16.5. The lowest BCUT2D eigenvalue weighted by Crippen LogP contribution is -2.15. The lowest BCUT2D eigenvalue weighted by atomic mass is 10.0. The van der Waals surface area contributed by atoms with Gasteiger partial charge in [0.2, 0.25) is 11.7 Å². The van der Waals surface area contributed by atoms with Crippen LogP contribution in [-0.2, 0) is 19.9 Å². The minimum Gasteiger partial charge on any atom is -0.340 e. The van der Waals surface area contributed by atoms with E-state index in [2.05, 4.69) is 25.2 Å². The van der Waals surface area contributed by atoms with Crippen LogP contribution in [0.2, 0.25) is 0 Å². The standard InChI is InChI=1S/C24H21N7O3/c1-15-26-22(29-34-15)9-8-20(32)18-13-25-30(2)23(18)21(33)12-17-10-11-31-14-19(28-24(31)27-17)16-6-4-3-5-7-16/h3-7,10-11,13-14H,8-9,12H2,1-2H3. The molecule has 0 saturated carbocycles. The molecule has 0 unspecified atom stereocenters. The summed E-state index contributed by atoms with van der Waals surface area (Å²) in [4.78, 5) is 39.2. The van der Waals surface area contributed by atoms with Crippen LogP contribution >= 0.6 is 0 Å². The summed E-state index contributed by atoms with van der Waals surface area (Å²) in [7, 11) is 1.64. The quantitative estimate of drug-likeness (QED) is 0.327. The molecular weight excluding hydrogens is 434 g/mol. The second kappa shape index (κ2) is 8.81. The molecule has 4 aromatic heterocycles. The molecule has 0 radical (unpaired) electrons. The van der Waals surface area contributed by atoms with Crippen molar-refractivity contribution in [2.45, 2.75) is 26.2 Å². The van der Waals surface area contributed by atoms with E-state index in [0.29, 0.717) is 29.6 Å². The highest BCUT2D eigenvalue weighted by Gasteiger charge is 2.23. The van der Waals surface area contributed by atoms with Gasteiger partial charge in [-0.05, 0) is 6.07 Å². The van der Waals surface area contributed by atoms with Gasteiger partial charge in [0.05, 0.1) is 29.6 Å². The molecule has 0 amide bonds. The Morgan fingerprint density at radius 3 is 2.62 bits per heavy atom.